The highest BCUT2D eigenvalue weighted by molar-refractivity contribution is 6.36. The summed E-state index contributed by atoms with van der Waals surface area (Å²) in [4.78, 5) is 0. The molecule has 0 bridgehead atoms. The molecule has 0 saturated carbocycles. The van der Waals surface area contributed by atoms with Crippen molar-refractivity contribution in [2.45, 2.75) is 18.4 Å². The molecule has 1 nitrogen and oxygen atoms in total. The lowest BCUT2D eigenvalue weighted by Crippen LogP contribution is -2.29. The summed E-state index contributed by atoms with van der Waals surface area (Å²) in [5.41, 5.74) is 3.31. The Balaban J connectivity index is 1.84. The maximum absolute atomic E-state index is 6.45. The topological polar surface area (TPSA) is 12.0 Å². The second-order valence-corrected chi connectivity index (χ2v) is 7.10. The van der Waals surface area contributed by atoms with Crippen LogP contribution in [0, 0.1) is 5.92 Å². The van der Waals surface area contributed by atoms with Crippen LogP contribution in [-0.4, -0.2) is 0 Å². The van der Waals surface area contributed by atoms with E-state index in [-0.39, 0.29) is 6.04 Å². The number of anilines is 1. The van der Waals surface area contributed by atoms with Gasteiger partial charge in [0.05, 0.1) is 16.8 Å². The number of nitrogens with one attached hydrogen (secondary N) is 1. The zero-order valence-electron chi connectivity index (χ0n) is 11.7. The van der Waals surface area contributed by atoms with Crippen molar-refractivity contribution in [1.29, 1.82) is 0 Å². The molecule has 0 saturated heterocycles. The molecule has 2 aliphatic rings. The quantitative estimate of drug-likeness (QED) is 0.581. The summed E-state index contributed by atoms with van der Waals surface area (Å²) < 4.78 is 0. The summed E-state index contributed by atoms with van der Waals surface area (Å²) in [6, 6.07) is 12.0. The second-order valence-electron chi connectivity index (χ2n) is 5.84. The van der Waals surface area contributed by atoms with Gasteiger partial charge in [-0.25, -0.2) is 0 Å². The number of allylic oxidation sites excluding steroid dienone is 2. The predicted molar refractivity (Wildman–Crippen MR) is 94.3 cm³/mol. The smallest absolute Gasteiger partial charge is 0.0641 e. The maximum atomic E-state index is 6.45. The molecule has 1 aliphatic heterocycles. The van der Waals surface area contributed by atoms with Crippen LogP contribution in [0.3, 0.4) is 0 Å². The fraction of sp³-hybridized carbons (Fsp3) is 0.222. The van der Waals surface area contributed by atoms with E-state index in [1.165, 1.54) is 5.56 Å². The van der Waals surface area contributed by atoms with Crippen LogP contribution < -0.4 is 5.32 Å². The standard InChI is InChI=1S/C18H14Cl3N/c19-11-6-4-10(5-7-11)17-13-3-1-2-12(13)16-14(20)8-9-15(21)18(16)22-17/h1-2,4-9,12-13,17,22H,3H2/t12-,13+,17+/m1/s1. The van der Waals surface area contributed by atoms with Gasteiger partial charge in [0, 0.05) is 21.5 Å². The fourth-order valence-electron chi connectivity index (χ4n) is 3.63. The van der Waals surface area contributed by atoms with Crippen molar-refractivity contribution in [3.63, 3.8) is 0 Å². The average Bonchev–Trinajstić information content (AvgIpc) is 3.00. The van der Waals surface area contributed by atoms with Crippen molar-refractivity contribution in [2.75, 3.05) is 5.32 Å². The van der Waals surface area contributed by atoms with Gasteiger partial charge in [-0.05, 0) is 42.2 Å². The third kappa shape index (κ3) is 2.23. The van der Waals surface area contributed by atoms with Crippen molar-refractivity contribution < 1.29 is 0 Å². The molecule has 2 aromatic rings. The van der Waals surface area contributed by atoms with E-state index < -0.39 is 0 Å². The summed E-state index contributed by atoms with van der Waals surface area (Å²) in [7, 11) is 0. The van der Waals surface area contributed by atoms with Gasteiger partial charge >= 0.3 is 0 Å². The largest absolute Gasteiger partial charge is 0.376 e. The van der Waals surface area contributed by atoms with Crippen LogP contribution in [0.4, 0.5) is 5.69 Å². The highest BCUT2D eigenvalue weighted by atomic mass is 35.5. The van der Waals surface area contributed by atoms with Crippen LogP contribution in [0.15, 0.2) is 48.6 Å². The molecule has 2 aromatic carbocycles. The molecule has 112 valence electrons. The summed E-state index contributed by atoms with van der Waals surface area (Å²) in [5, 5.41) is 5.87. The van der Waals surface area contributed by atoms with Gasteiger partial charge in [0.2, 0.25) is 0 Å². The van der Waals surface area contributed by atoms with Crippen LogP contribution in [-0.2, 0) is 0 Å². The minimum atomic E-state index is 0.209. The summed E-state index contributed by atoms with van der Waals surface area (Å²) in [5.74, 6) is 0.757. The fourth-order valence-corrected chi connectivity index (χ4v) is 4.26. The monoisotopic (exact) mass is 349 g/mol. The molecule has 0 unspecified atom stereocenters. The van der Waals surface area contributed by atoms with Gasteiger partial charge in [0.1, 0.15) is 0 Å². The molecule has 0 amide bonds. The van der Waals surface area contributed by atoms with E-state index in [1.807, 2.05) is 24.3 Å². The third-order valence-electron chi connectivity index (χ3n) is 4.64. The van der Waals surface area contributed by atoms with Gasteiger partial charge in [0.15, 0.2) is 0 Å². The Hall–Kier alpha value is -1.15. The number of hydrogen-bond donors (Lipinski definition) is 1. The zero-order chi connectivity index (χ0) is 15.3. The molecule has 1 heterocycles. The second kappa shape index (κ2) is 5.49. The summed E-state index contributed by atoms with van der Waals surface area (Å²) in [6.07, 6.45) is 5.54. The van der Waals surface area contributed by atoms with E-state index in [1.54, 1.807) is 0 Å². The van der Waals surface area contributed by atoms with Gasteiger partial charge < -0.3 is 5.32 Å². The van der Waals surface area contributed by atoms with E-state index in [0.29, 0.717) is 11.8 Å². The Morgan fingerprint density at radius 1 is 0.909 bits per heavy atom. The molecular formula is C18H14Cl3N. The molecule has 0 fully saturated rings. The van der Waals surface area contributed by atoms with Gasteiger partial charge in [-0.3, -0.25) is 0 Å². The van der Waals surface area contributed by atoms with Crippen LogP contribution in [0.5, 0.6) is 0 Å². The Kier molecular flexibility index (Phi) is 3.60. The molecule has 4 heteroatoms. The number of hydrogen-bond acceptors (Lipinski definition) is 1. The molecule has 0 spiro atoms. The Labute approximate surface area is 144 Å². The van der Waals surface area contributed by atoms with Crippen molar-refractivity contribution in [2.24, 2.45) is 5.92 Å². The first-order valence-corrected chi connectivity index (χ1v) is 8.45. The number of halogens is 3. The number of rotatable bonds is 1. The normalized spacial score (nSPS) is 25.5. The van der Waals surface area contributed by atoms with Gasteiger partial charge in [0.25, 0.3) is 0 Å². The summed E-state index contributed by atoms with van der Waals surface area (Å²) >= 11 is 18.9. The van der Waals surface area contributed by atoms with Crippen LogP contribution in [0.1, 0.15) is 29.5 Å². The predicted octanol–water partition coefficient (Wildman–Crippen LogP) is 6.47. The van der Waals surface area contributed by atoms with Crippen molar-refractivity contribution in [3.8, 4) is 0 Å². The van der Waals surface area contributed by atoms with E-state index >= 15 is 0 Å². The lowest BCUT2D eigenvalue weighted by Gasteiger charge is -2.38. The molecule has 1 aliphatic carbocycles. The van der Waals surface area contributed by atoms with Crippen LogP contribution >= 0.6 is 34.8 Å². The summed E-state index contributed by atoms with van der Waals surface area (Å²) in [6.45, 7) is 0. The molecule has 3 atom stereocenters. The highest BCUT2D eigenvalue weighted by Gasteiger charge is 2.39. The van der Waals surface area contributed by atoms with E-state index in [2.05, 4.69) is 29.6 Å². The van der Waals surface area contributed by atoms with E-state index in [9.17, 15) is 0 Å². The number of fused-ring (bicyclic) bond motifs is 3. The van der Waals surface area contributed by atoms with Crippen LogP contribution in [0.25, 0.3) is 0 Å². The SMILES string of the molecule is Clc1ccc([C@@H]2Nc3c(Cl)ccc(Cl)c3[C@@H]3C=CC[C@@H]32)cc1. The minimum absolute atomic E-state index is 0.209. The van der Waals surface area contributed by atoms with E-state index in [0.717, 1.165) is 32.7 Å². The zero-order valence-corrected chi connectivity index (χ0v) is 14.0. The van der Waals surface area contributed by atoms with Crippen molar-refractivity contribution in [1.82, 2.24) is 0 Å². The molecule has 4 rings (SSSR count). The highest BCUT2D eigenvalue weighted by Crippen LogP contribution is 2.53. The lowest BCUT2D eigenvalue weighted by molar-refractivity contribution is 0.426. The average molecular weight is 351 g/mol. The molecule has 0 aromatic heterocycles. The number of benzene rings is 2. The molecule has 0 radical (unpaired) electrons. The van der Waals surface area contributed by atoms with Crippen molar-refractivity contribution >= 4 is 40.5 Å². The molecule has 1 N–H and O–H groups in total. The maximum Gasteiger partial charge on any atom is 0.0641 e. The van der Waals surface area contributed by atoms with Gasteiger partial charge in [-0.1, -0.05) is 59.1 Å². The van der Waals surface area contributed by atoms with Gasteiger partial charge in [-0.2, -0.15) is 0 Å². The third-order valence-corrected chi connectivity index (χ3v) is 5.54. The van der Waals surface area contributed by atoms with Crippen molar-refractivity contribution in [3.05, 3.63) is 74.7 Å². The first kappa shape index (κ1) is 14.4. The minimum Gasteiger partial charge on any atom is -0.376 e. The Morgan fingerprint density at radius 2 is 1.64 bits per heavy atom. The first-order valence-electron chi connectivity index (χ1n) is 7.31. The lowest BCUT2D eigenvalue weighted by atomic mass is 9.77. The first-order chi connectivity index (χ1) is 10.6. The Bertz CT molecular complexity index is 752. The molecular weight excluding hydrogens is 337 g/mol. The molecule has 22 heavy (non-hydrogen) atoms. The van der Waals surface area contributed by atoms with Gasteiger partial charge in [-0.15, -0.1) is 0 Å². The van der Waals surface area contributed by atoms with Crippen LogP contribution in [0.2, 0.25) is 15.1 Å². The van der Waals surface area contributed by atoms with E-state index in [4.69, 9.17) is 34.8 Å². The Morgan fingerprint density at radius 3 is 2.41 bits per heavy atom.